The largest absolute Gasteiger partial charge is 0.490 e. The first-order valence-electron chi connectivity index (χ1n) is 10.3. The van der Waals surface area contributed by atoms with Crippen LogP contribution in [0.4, 0.5) is 26.3 Å². The molecule has 36 heavy (non-hydrogen) atoms. The fourth-order valence-corrected chi connectivity index (χ4v) is 3.46. The van der Waals surface area contributed by atoms with Crippen molar-refractivity contribution < 1.29 is 60.0 Å². The van der Waals surface area contributed by atoms with E-state index in [2.05, 4.69) is 9.88 Å². The number of carboxylic acid groups (broad SMARTS) is 2. The van der Waals surface area contributed by atoms with Crippen LogP contribution in [0.5, 0.6) is 5.75 Å². The summed E-state index contributed by atoms with van der Waals surface area (Å²) in [5.41, 5.74) is -0.0561. The lowest BCUT2D eigenvalue weighted by Crippen LogP contribution is -2.33. The second-order valence-corrected chi connectivity index (χ2v) is 7.77. The van der Waals surface area contributed by atoms with Gasteiger partial charge in [-0.3, -0.25) is 9.88 Å². The maximum atomic E-state index is 10.6. The molecule has 2 fully saturated rings. The Morgan fingerprint density at radius 2 is 1.75 bits per heavy atom. The quantitative estimate of drug-likeness (QED) is 0.572. The third-order valence-corrected chi connectivity index (χ3v) is 4.95. The normalized spacial score (nSPS) is 21.8. The molecule has 0 aromatic carbocycles. The number of ether oxygens (including phenoxy) is 2. The summed E-state index contributed by atoms with van der Waals surface area (Å²) in [6.45, 7) is 3.50. The number of furan rings is 1. The minimum absolute atomic E-state index is 0.0561. The molecule has 2 aliphatic rings. The maximum absolute atomic E-state index is 10.6. The third-order valence-electron chi connectivity index (χ3n) is 4.95. The number of carboxylic acids is 2. The molecule has 0 aliphatic carbocycles. The molecule has 0 radical (unpaired) electrons. The van der Waals surface area contributed by atoms with Crippen LogP contribution in [0.1, 0.15) is 18.6 Å². The van der Waals surface area contributed by atoms with Gasteiger partial charge < -0.3 is 24.1 Å². The Morgan fingerprint density at radius 1 is 1.11 bits per heavy atom. The molecule has 2 N–H and O–H groups in total. The van der Waals surface area contributed by atoms with Crippen LogP contribution in [0.2, 0.25) is 0 Å². The van der Waals surface area contributed by atoms with Crippen molar-refractivity contribution in [3.63, 3.8) is 0 Å². The molecule has 2 aromatic heterocycles. The Bertz CT molecular complexity index is 945. The SMILES string of the molecule is O=C(O)C(F)(F)F.O=C(O)C(F)(F)F.c1cncc(OC2COC3(CCN(Cc4ccco4)C3)C2)c1. The fourth-order valence-electron chi connectivity index (χ4n) is 3.46. The third kappa shape index (κ3) is 9.37. The predicted octanol–water partition coefficient (Wildman–Crippen LogP) is 3.75. The fraction of sp³-hybridized carbons (Fsp3) is 0.476. The summed E-state index contributed by atoms with van der Waals surface area (Å²) in [6.07, 6.45) is -2.82. The Balaban J connectivity index is 0.000000271. The molecule has 2 unspecified atom stereocenters. The summed E-state index contributed by atoms with van der Waals surface area (Å²) >= 11 is 0. The van der Waals surface area contributed by atoms with Gasteiger partial charge in [-0.15, -0.1) is 0 Å². The molecule has 15 heteroatoms. The number of likely N-dealkylation sites (tertiary alicyclic amines) is 1. The summed E-state index contributed by atoms with van der Waals surface area (Å²) in [5, 5.41) is 14.2. The number of halogens is 6. The number of hydrogen-bond donors (Lipinski definition) is 2. The summed E-state index contributed by atoms with van der Waals surface area (Å²) in [6, 6.07) is 7.79. The Morgan fingerprint density at radius 3 is 2.25 bits per heavy atom. The topological polar surface area (TPSA) is 122 Å². The number of carbonyl (C=O) groups is 2. The van der Waals surface area contributed by atoms with Crippen LogP contribution < -0.4 is 4.74 Å². The van der Waals surface area contributed by atoms with E-state index in [9.17, 15) is 26.3 Å². The molecular weight excluding hydrogens is 506 g/mol. The van der Waals surface area contributed by atoms with E-state index in [4.69, 9.17) is 33.7 Å². The molecule has 4 rings (SSSR count). The van der Waals surface area contributed by atoms with Crippen molar-refractivity contribution in [2.75, 3.05) is 19.7 Å². The number of aromatic nitrogens is 1. The van der Waals surface area contributed by atoms with Crippen molar-refractivity contribution in [1.82, 2.24) is 9.88 Å². The monoisotopic (exact) mass is 528 g/mol. The van der Waals surface area contributed by atoms with Crippen LogP contribution in [-0.4, -0.2) is 75.8 Å². The van der Waals surface area contributed by atoms with Crippen molar-refractivity contribution in [2.45, 2.75) is 43.4 Å². The van der Waals surface area contributed by atoms with Gasteiger partial charge in [0.05, 0.1) is 31.2 Å². The Labute approximate surface area is 200 Å². The minimum atomic E-state index is -5.08. The summed E-state index contributed by atoms with van der Waals surface area (Å²) < 4.78 is 81.0. The highest BCUT2D eigenvalue weighted by Crippen LogP contribution is 2.37. The van der Waals surface area contributed by atoms with Gasteiger partial charge in [0.25, 0.3) is 0 Å². The van der Waals surface area contributed by atoms with E-state index >= 15 is 0 Å². The maximum Gasteiger partial charge on any atom is 0.490 e. The number of pyridine rings is 1. The highest BCUT2D eigenvalue weighted by Gasteiger charge is 2.46. The van der Waals surface area contributed by atoms with Gasteiger partial charge in [-0.1, -0.05) is 0 Å². The number of alkyl halides is 6. The zero-order chi connectivity index (χ0) is 27.0. The van der Waals surface area contributed by atoms with Gasteiger partial charge in [0, 0.05) is 25.7 Å². The van der Waals surface area contributed by atoms with Gasteiger partial charge in [-0.2, -0.15) is 26.3 Å². The van der Waals surface area contributed by atoms with Crippen molar-refractivity contribution in [3.05, 3.63) is 48.7 Å². The summed E-state index contributed by atoms with van der Waals surface area (Å²) in [5.74, 6) is -3.68. The van der Waals surface area contributed by atoms with Gasteiger partial charge in [-0.25, -0.2) is 9.59 Å². The first kappa shape index (κ1) is 28.9. The van der Waals surface area contributed by atoms with Crippen molar-refractivity contribution in [2.24, 2.45) is 0 Å². The molecule has 200 valence electrons. The standard InChI is InChI=1S/C17H20N2O3.2C2HF3O2/c1-3-14(10-18-6-1)22-16-9-17(21-12-16)5-7-19(13-17)11-15-4-2-8-20-15;2*3-2(4,5)1(6)7/h1-4,6,8,10,16H,5,7,9,11-13H2;2*(H,6,7). The van der Waals surface area contributed by atoms with Crippen LogP contribution in [0, 0.1) is 0 Å². The molecular formula is C21H22F6N2O7. The van der Waals surface area contributed by atoms with E-state index in [1.807, 2.05) is 24.3 Å². The second-order valence-electron chi connectivity index (χ2n) is 7.77. The first-order chi connectivity index (χ1) is 16.7. The van der Waals surface area contributed by atoms with Gasteiger partial charge in [0.2, 0.25) is 0 Å². The van der Waals surface area contributed by atoms with Gasteiger partial charge in [-0.05, 0) is 30.7 Å². The van der Waals surface area contributed by atoms with Crippen molar-refractivity contribution >= 4 is 11.9 Å². The minimum Gasteiger partial charge on any atom is -0.486 e. The number of nitrogens with zero attached hydrogens (tertiary/aromatic N) is 2. The van der Waals surface area contributed by atoms with E-state index < -0.39 is 24.3 Å². The summed E-state index contributed by atoms with van der Waals surface area (Å²) in [4.78, 5) is 24.3. The molecule has 0 saturated carbocycles. The smallest absolute Gasteiger partial charge is 0.486 e. The van der Waals surface area contributed by atoms with Crippen LogP contribution in [0.25, 0.3) is 0 Å². The second kappa shape index (κ2) is 12.1. The van der Waals surface area contributed by atoms with E-state index in [1.165, 1.54) is 0 Å². The highest BCUT2D eigenvalue weighted by molar-refractivity contribution is 5.73. The lowest BCUT2D eigenvalue weighted by atomic mass is 9.98. The van der Waals surface area contributed by atoms with Crippen LogP contribution in [0.15, 0.2) is 47.3 Å². The molecule has 4 heterocycles. The van der Waals surface area contributed by atoms with Gasteiger partial charge in [0.15, 0.2) is 0 Å². The molecule has 2 atom stereocenters. The molecule has 2 aliphatic heterocycles. The van der Waals surface area contributed by atoms with E-state index in [1.54, 1.807) is 18.7 Å². The highest BCUT2D eigenvalue weighted by atomic mass is 19.4. The van der Waals surface area contributed by atoms with E-state index in [-0.39, 0.29) is 11.7 Å². The average molecular weight is 528 g/mol. The number of hydrogen-bond acceptors (Lipinski definition) is 7. The average Bonchev–Trinajstić information content (AvgIpc) is 3.52. The lowest BCUT2D eigenvalue weighted by molar-refractivity contribution is -0.193. The summed E-state index contributed by atoms with van der Waals surface area (Å²) in [7, 11) is 0. The van der Waals surface area contributed by atoms with Crippen LogP contribution in [0.3, 0.4) is 0 Å². The predicted molar refractivity (Wildman–Crippen MR) is 108 cm³/mol. The molecule has 0 amide bonds. The Kier molecular flexibility index (Phi) is 9.69. The molecule has 9 nitrogen and oxygen atoms in total. The Hall–Kier alpha value is -3.33. The lowest BCUT2D eigenvalue weighted by Gasteiger charge is -2.23. The van der Waals surface area contributed by atoms with Gasteiger partial charge >= 0.3 is 24.3 Å². The molecule has 2 saturated heterocycles. The number of aliphatic carboxylic acids is 2. The molecule has 1 spiro atoms. The van der Waals surface area contributed by atoms with E-state index in [0.29, 0.717) is 6.61 Å². The van der Waals surface area contributed by atoms with Gasteiger partial charge in [0.1, 0.15) is 17.6 Å². The zero-order valence-corrected chi connectivity index (χ0v) is 18.5. The van der Waals surface area contributed by atoms with Crippen LogP contribution >= 0.6 is 0 Å². The zero-order valence-electron chi connectivity index (χ0n) is 18.5. The molecule has 2 aromatic rings. The van der Waals surface area contributed by atoms with Crippen LogP contribution in [-0.2, 0) is 20.9 Å². The van der Waals surface area contributed by atoms with Crippen molar-refractivity contribution in [3.8, 4) is 5.75 Å². The number of rotatable bonds is 4. The van der Waals surface area contributed by atoms with Crippen molar-refractivity contribution in [1.29, 1.82) is 0 Å². The van der Waals surface area contributed by atoms with E-state index in [0.717, 1.165) is 44.0 Å². The first-order valence-corrected chi connectivity index (χ1v) is 10.3. The molecule has 0 bridgehead atoms.